The van der Waals surface area contributed by atoms with Gasteiger partial charge in [0, 0.05) is 43.2 Å². The summed E-state index contributed by atoms with van der Waals surface area (Å²) in [5.41, 5.74) is 3.43. The maximum atomic E-state index is 13.3. The Morgan fingerprint density at radius 1 is 1.02 bits per heavy atom. The molecule has 4 rings (SSSR count). The van der Waals surface area contributed by atoms with Gasteiger partial charge in [-0.15, -0.1) is 0 Å². The summed E-state index contributed by atoms with van der Waals surface area (Å²) in [4.78, 5) is 39.6. The number of anilines is 2. The van der Waals surface area contributed by atoms with E-state index in [1.807, 2.05) is 6.07 Å². The zero-order chi connectivity index (χ0) is 32.4. The highest BCUT2D eigenvalue weighted by Crippen LogP contribution is 2.35. The lowest BCUT2D eigenvalue weighted by Crippen LogP contribution is -2.30. The highest BCUT2D eigenvalue weighted by molar-refractivity contribution is 6.31. The quantitative estimate of drug-likeness (QED) is 0.0944. The van der Waals surface area contributed by atoms with Crippen LogP contribution in [0, 0.1) is 11.8 Å². The molecule has 12 heteroatoms. The van der Waals surface area contributed by atoms with Crippen LogP contribution in [0.25, 0.3) is 0 Å². The summed E-state index contributed by atoms with van der Waals surface area (Å²) >= 11 is 5.69. The number of amides is 2. The van der Waals surface area contributed by atoms with Gasteiger partial charge in [0.2, 0.25) is 0 Å². The number of piperidine rings is 1. The number of nitrogens with one attached hydrogen (secondary N) is 2. The first-order valence-corrected chi connectivity index (χ1v) is 14.5. The lowest BCUT2D eigenvalue weighted by molar-refractivity contribution is -0.140. The maximum Gasteiger partial charge on any atom is 0.417 e. The minimum atomic E-state index is -4.65. The fourth-order valence-corrected chi connectivity index (χ4v) is 4.81. The van der Waals surface area contributed by atoms with Crippen LogP contribution in [0.5, 0.6) is 0 Å². The number of hydrogen-bond acceptors (Lipinski definition) is 6. The molecule has 2 amide bonds. The molecule has 3 aromatic rings. The number of benzene rings is 3. The Bertz CT molecular complexity index is 1660. The van der Waals surface area contributed by atoms with Crippen LogP contribution in [0.4, 0.5) is 24.5 Å². The zero-order valence-corrected chi connectivity index (χ0v) is 25.1. The number of halogens is 4. The Kier molecular flexibility index (Phi) is 11.2. The normalized spacial score (nSPS) is 13.1. The van der Waals surface area contributed by atoms with Crippen molar-refractivity contribution in [3.63, 3.8) is 0 Å². The first-order valence-electron chi connectivity index (χ1n) is 14.1. The molecular formula is C33H30ClF3N4O4. The summed E-state index contributed by atoms with van der Waals surface area (Å²) in [5.74, 6) is 4.27. The molecule has 234 valence electrons. The molecule has 1 fully saturated rings. The molecule has 0 atom stereocenters. The van der Waals surface area contributed by atoms with E-state index in [0.29, 0.717) is 17.5 Å². The Labute approximate surface area is 263 Å². The van der Waals surface area contributed by atoms with Gasteiger partial charge in [-0.05, 0) is 73.4 Å². The number of hydrazone groups is 1. The first-order chi connectivity index (χ1) is 21.5. The van der Waals surface area contributed by atoms with Crippen molar-refractivity contribution in [2.24, 2.45) is 5.10 Å². The van der Waals surface area contributed by atoms with E-state index in [0.717, 1.165) is 56.4 Å². The van der Waals surface area contributed by atoms with E-state index in [4.69, 9.17) is 16.3 Å². The van der Waals surface area contributed by atoms with Gasteiger partial charge >= 0.3 is 12.1 Å². The third-order valence-corrected chi connectivity index (χ3v) is 7.11. The monoisotopic (exact) mass is 638 g/mol. The first kappa shape index (κ1) is 33.1. The Morgan fingerprint density at radius 3 is 2.53 bits per heavy atom. The maximum absolute atomic E-state index is 13.3. The van der Waals surface area contributed by atoms with Gasteiger partial charge in [-0.3, -0.25) is 14.4 Å². The number of esters is 1. The van der Waals surface area contributed by atoms with Crippen LogP contribution >= 0.6 is 11.6 Å². The van der Waals surface area contributed by atoms with E-state index in [1.165, 1.54) is 13.0 Å². The van der Waals surface area contributed by atoms with Crippen LogP contribution < -0.4 is 15.6 Å². The minimum Gasteiger partial charge on any atom is -0.465 e. The van der Waals surface area contributed by atoms with Crippen LogP contribution in [-0.2, 0) is 15.7 Å². The van der Waals surface area contributed by atoms with Crippen molar-refractivity contribution in [3.05, 3.63) is 93.5 Å². The summed E-state index contributed by atoms with van der Waals surface area (Å²) in [7, 11) is 0. The Balaban J connectivity index is 1.54. The molecule has 3 aromatic carbocycles. The van der Waals surface area contributed by atoms with E-state index >= 15 is 0 Å². The fraction of sp³-hybridized carbons (Fsp3) is 0.273. The van der Waals surface area contributed by atoms with E-state index in [2.05, 4.69) is 32.6 Å². The minimum absolute atomic E-state index is 0.0805. The van der Waals surface area contributed by atoms with Crippen LogP contribution in [0.3, 0.4) is 0 Å². The van der Waals surface area contributed by atoms with E-state index in [1.54, 1.807) is 36.4 Å². The van der Waals surface area contributed by atoms with Crippen molar-refractivity contribution < 1.29 is 32.3 Å². The standard InChI is InChI=1S/C33H30ClF3N4O4/c1-22(42)45-17-6-3-8-23-9-7-10-25(18-23)31(43)39-30-14-12-26(41-15-4-2-5-16-41)20-27(30)32(44)40-38-21-24-11-13-29(34)28(19-24)33(35,36)37/h7,9-14,18-21H,2,4-6,15-17H2,1H3,(H,39,43)(H,40,44). The van der Waals surface area contributed by atoms with E-state index in [9.17, 15) is 27.6 Å². The molecule has 1 aliphatic rings. The lowest BCUT2D eigenvalue weighted by atomic mass is 10.1. The van der Waals surface area contributed by atoms with Gasteiger partial charge in [0.1, 0.15) is 6.61 Å². The van der Waals surface area contributed by atoms with Gasteiger partial charge in [-0.1, -0.05) is 35.6 Å². The smallest absolute Gasteiger partial charge is 0.417 e. The summed E-state index contributed by atoms with van der Waals surface area (Å²) < 4.78 is 44.6. The van der Waals surface area contributed by atoms with Crippen LogP contribution in [0.2, 0.25) is 5.02 Å². The Hall–Kier alpha value is -4.82. The SMILES string of the molecule is CC(=O)OCCC#Cc1cccc(C(=O)Nc2ccc(N3CCCCC3)cc2C(=O)NN=Cc2ccc(Cl)c(C(F)(F)F)c2)c1. The second kappa shape index (κ2) is 15.3. The summed E-state index contributed by atoms with van der Waals surface area (Å²) in [5, 5.41) is 6.18. The van der Waals surface area contributed by atoms with Gasteiger partial charge in [0.15, 0.2) is 0 Å². The molecule has 2 N–H and O–H groups in total. The van der Waals surface area contributed by atoms with Crippen molar-refractivity contribution in [2.75, 3.05) is 29.9 Å². The number of rotatable bonds is 8. The number of carbonyl (C=O) groups excluding carboxylic acids is 3. The molecular weight excluding hydrogens is 609 g/mol. The fourth-order valence-electron chi connectivity index (χ4n) is 4.59. The molecule has 0 radical (unpaired) electrons. The number of nitrogens with zero attached hydrogens (tertiary/aromatic N) is 2. The molecule has 0 unspecified atom stereocenters. The molecule has 0 aromatic heterocycles. The van der Waals surface area contributed by atoms with Crippen LogP contribution in [0.15, 0.2) is 65.8 Å². The molecule has 0 spiro atoms. The molecule has 8 nitrogen and oxygen atoms in total. The molecule has 45 heavy (non-hydrogen) atoms. The third-order valence-electron chi connectivity index (χ3n) is 6.78. The largest absolute Gasteiger partial charge is 0.465 e. The van der Waals surface area contributed by atoms with Crippen molar-refractivity contribution in [1.29, 1.82) is 0 Å². The lowest BCUT2D eigenvalue weighted by Gasteiger charge is -2.29. The van der Waals surface area contributed by atoms with E-state index in [-0.39, 0.29) is 29.4 Å². The summed E-state index contributed by atoms with van der Waals surface area (Å²) in [6.45, 7) is 3.12. The topological polar surface area (TPSA) is 100 Å². The molecule has 0 aliphatic carbocycles. The van der Waals surface area contributed by atoms with Crippen molar-refractivity contribution in [1.82, 2.24) is 5.43 Å². The van der Waals surface area contributed by atoms with Crippen LogP contribution in [-0.4, -0.2) is 43.7 Å². The average molecular weight is 639 g/mol. The van der Waals surface area contributed by atoms with Gasteiger partial charge in [-0.25, -0.2) is 5.43 Å². The number of hydrogen-bond donors (Lipinski definition) is 2. The zero-order valence-electron chi connectivity index (χ0n) is 24.3. The third kappa shape index (κ3) is 9.58. The molecule has 0 saturated carbocycles. The number of alkyl halides is 3. The van der Waals surface area contributed by atoms with Gasteiger partial charge in [0.05, 0.1) is 28.1 Å². The molecule has 0 bridgehead atoms. The molecule has 1 heterocycles. The Morgan fingerprint density at radius 2 is 1.80 bits per heavy atom. The highest BCUT2D eigenvalue weighted by atomic mass is 35.5. The molecule has 1 saturated heterocycles. The van der Waals surface area contributed by atoms with Crippen LogP contribution in [0.1, 0.15) is 70.0 Å². The second-order valence-corrected chi connectivity index (χ2v) is 10.5. The van der Waals surface area contributed by atoms with Crippen molar-refractivity contribution in [2.45, 2.75) is 38.8 Å². The second-order valence-electron chi connectivity index (χ2n) is 10.1. The van der Waals surface area contributed by atoms with Crippen molar-refractivity contribution in [3.8, 4) is 11.8 Å². The summed E-state index contributed by atoms with van der Waals surface area (Å²) in [6, 6.07) is 15.0. The van der Waals surface area contributed by atoms with Gasteiger partial charge < -0.3 is 15.0 Å². The predicted octanol–water partition coefficient (Wildman–Crippen LogP) is 6.67. The van der Waals surface area contributed by atoms with Gasteiger partial charge in [-0.2, -0.15) is 18.3 Å². The number of ether oxygens (including phenoxy) is 1. The highest BCUT2D eigenvalue weighted by Gasteiger charge is 2.33. The van der Waals surface area contributed by atoms with Gasteiger partial charge in [0.25, 0.3) is 11.8 Å². The van der Waals surface area contributed by atoms with E-state index < -0.39 is 28.6 Å². The molecule has 1 aliphatic heterocycles. The summed E-state index contributed by atoms with van der Waals surface area (Å²) in [6.07, 6.45) is -0.105. The predicted molar refractivity (Wildman–Crippen MR) is 167 cm³/mol. The average Bonchev–Trinajstić information content (AvgIpc) is 3.01. The number of carbonyl (C=O) groups is 3. The van der Waals surface area contributed by atoms with Crippen molar-refractivity contribution >= 4 is 47.0 Å².